The van der Waals surface area contributed by atoms with Crippen LogP contribution >= 0.6 is 0 Å². The van der Waals surface area contributed by atoms with E-state index in [1.54, 1.807) is 42.5 Å². The fourth-order valence-corrected chi connectivity index (χ4v) is 2.61. The molecule has 6 heteroatoms. The summed E-state index contributed by atoms with van der Waals surface area (Å²) >= 11 is 0. The average Bonchev–Trinajstić information content (AvgIpc) is 2.61. The van der Waals surface area contributed by atoms with Crippen LogP contribution in [0.5, 0.6) is 0 Å². The Balaban J connectivity index is 2.34. The van der Waals surface area contributed by atoms with Gasteiger partial charge in [0.2, 0.25) is 11.8 Å². The molecule has 0 fully saturated rings. The number of benzene rings is 1. The first-order valence-corrected chi connectivity index (χ1v) is 6.93. The lowest BCUT2D eigenvalue weighted by molar-refractivity contribution is -0.118. The molecule has 0 unspecified atom stereocenters. The van der Waals surface area contributed by atoms with E-state index in [0.717, 1.165) is 0 Å². The summed E-state index contributed by atoms with van der Waals surface area (Å²) in [5.41, 5.74) is -0.618. The number of hydrogen-bond acceptors (Lipinski definition) is 4. The van der Waals surface area contributed by atoms with Crippen molar-refractivity contribution in [3.05, 3.63) is 76.2 Å². The van der Waals surface area contributed by atoms with Crippen molar-refractivity contribution < 1.29 is 9.59 Å². The topological polar surface area (TPSA) is 91.9 Å². The van der Waals surface area contributed by atoms with Gasteiger partial charge >= 0.3 is 0 Å². The maximum Gasteiger partial charge on any atom is 0.214 e. The van der Waals surface area contributed by atoms with Gasteiger partial charge < -0.3 is 10.3 Å². The van der Waals surface area contributed by atoms with Gasteiger partial charge in [0.25, 0.3) is 0 Å². The zero-order valence-corrected chi connectivity index (χ0v) is 12.0. The van der Waals surface area contributed by atoms with Crippen molar-refractivity contribution >= 4 is 23.7 Å². The Labute approximate surface area is 131 Å². The molecule has 1 atom stereocenters. The standard InChI is InChI=1S/C17H13N3O3/c21-10-17(20-11-22,12-5-2-1-3-6-12)13-9-19-14-7-4-8-18-15(14)16(13)23/h1-11H,(H,19,23)(H,20,22)/t17-/m0/s1. The number of aldehydes is 1. The van der Waals surface area contributed by atoms with Gasteiger partial charge in [-0.05, 0) is 17.7 Å². The highest BCUT2D eigenvalue weighted by molar-refractivity contribution is 5.81. The van der Waals surface area contributed by atoms with Crippen LogP contribution < -0.4 is 10.7 Å². The fourth-order valence-electron chi connectivity index (χ4n) is 2.61. The van der Waals surface area contributed by atoms with E-state index in [0.29, 0.717) is 23.8 Å². The van der Waals surface area contributed by atoms with Crippen LogP contribution in [0, 0.1) is 0 Å². The van der Waals surface area contributed by atoms with E-state index in [4.69, 9.17) is 0 Å². The van der Waals surface area contributed by atoms with Crippen LogP contribution in [0.4, 0.5) is 0 Å². The molecule has 0 spiro atoms. The van der Waals surface area contributed by atoms with E-state index in [1.165, 1.54) is 12.4 Å². The zero-order valence-electron chi connectivity index (χ0n) is 12.0. The second-order valence-electron chi connectivity index (χ2n) is 4.99. The number of nitrogens with one attached hydrogen (secondary N) is 2. The molecule has 6 nitrogen and oxygen atoms in total. The van der Waals surface area contributed by atoms with Gasteiger partial charge in [0.05, 0.1) is 11.1 Å². The molecule has 0 saturated heterocycles. The molecule has 0 aliphatic rings. The molecule has 0 aliphatic carbocycles. The highest BCUT2D eigenvalue weighted by Crippen LogP contribution is 2.25. The number of aromatic nitrogens is 2. The number of rotatable bonds is 5. The molecule has 0 saturated carbocycles. The lowest BCUT2D eigenvalue weighted by Gasteiger charge is -2.27. The van der Waals surface area contributed by atoms with Gasteiger partial charge in [-0.1, -0.05) is 30.3 Å². The summed E-state index contributed by atoms with van der Waals surface area (Å²) in [4.78, 5) is 42.8. The first kappa shape index (κ1) is 14.6. The van der Waals surface area contributed by atoms with Crippen LogP contribution in [0.3, 0.4) is 0 Å². The second kappa shape index (κ2) is 5.84. The summed E-state index contributed by atoms with van der Waals surface area (Å²) in [5, 5.41) is 2.49. The summed E-state index contributed by atoms with van der Waals surface area (Å²) in [5.74, 6) is 0. The predicted octanol–water partition coefficient (Wildman–Crippen LogP) is 1.11. The molecule has 3 aromatic rings. The van der Waals surface area contributed by atoms with Crippen LogP contribution in [-0.2, 0) is 15.1 Å². The number of pyridine rings is 2. The van der Waals surface area contributed by atoms with Gasteiger partial charge in [0.15, 0.2) is 11.8 Å². The number of aromatic amines is 1. The van der Waals surface area contributed by atoms with Crippen molar-refractivity contribution in [2.75, 3.05) is 0 Å². The molecule has 114 valence electrons. The van der Waals surface area contributed by atoms with Crippen molar-refractivity contribution in [3.8, 4) is 0 Å². The lowest BCUT2D eigenvalue weighted by atomic mass is 9.84. The monoisotopic (exact) mass is 307 g/mol. The molecule has 0 radical (unpaired) electrons. The van der Waals surface area contributed by atoms with Gasteiger partial charge in [-0.15, -0.1) is 0 Å². The average molecular weight is 307 g/mol. The third kappa shape index (κ3) is 2.30. The summed E-state index contributed by atoms with van der Waals surface area (Å²) in [6.07, 6.45) is 3.89. The van der Waals surface area contributed by atoms with E-state index < -0.39 is 11.0 Å². The highest BCUT2D eigenvalue weighted by atomic mass is 16.1. The largest absolute Gasteiger partial charge is 0.359 e. The number of carbonyl (C=O) groups excluding carboxylic acids is 2. The third-order valence-corrected chi connectivity index (χ3v) is 3.76. The smallest absolute Gasteiger partial charge is 0.214 e. The number of H-pyrrole nitrogens is 1. The van der Waals surface area contributed by atoms with Crippen molar-refractivity contribution in [2.24, 2.45) is 0 Å². The van der Waals surface area contributed by atoms with E-state index >= 15 is 0 Å². The van der Waals surface area contributed by atoms with Gasteiger partial charge in [0, 0.05) is 12.4 Å². The molecule has 2 heterocycles. The number of hydrogen-bond donors (Lipinski definition) is 2. The first-order chi connectivity index (χ1) is 11.2. The van der Waals surface area contributed by atoms with Crippen molar-refractivity contribution in [2.45, 2.75) is 5.54 Å². The molecule has 0 aliphatic heterocycles. The predicted molar refractivity (Wildman–Crippen MR) is 84.8 cm³/mol. The third-order valence-electron chi connectivity index (χ3n) is 3.76. The fraction of sp³-hybridized carbons (Fsp3) is 0.0588. The minimum absolute atomic E-state index is 0.108. The second-order valence-corrected chi connectivity index (χ2v) is 4.99. The first-order valence-electron chi connectivity index (χ1n) is 6.93. The Morgan fingerprint density at radius 3 is 2.57 bits per heavy atom. The van der Waals surface area contributed by atoms with Crippen molar-refractivity contribution in [3.63, 3.8) is 0 Å². The molecule has 0 bridgehead atoms. The lowest BCUT2D eigenvalue weighted by Crippen LogP contribution is -2.47. The highest BCUT2D eigenvalue weighted by Gasteiger charge is 2.36. The summed E-state index contributed by atoms with van der Waals surface area (Å²) in [6.45, 7) is 0. The van der Waals surface area contributed by atoms with Crippen LogP contribution in [0.15, 0.2) is 59.7 Å². The Morgan fingerprint density at radius 1 is 1.09 bits per heavy atom. The van der Waals surface area contributed by atoms with Gasteiger partial charge in [-0.2, -0.15) is 0 Å². The van der Waals surface area contributed by atoms with Gasteiger partial charge in [-0.3, -0.25) is 19.4 Å². The van der Waals surface area contributed by atoms with E-state index in [1.807, 2.05) is 0 Å². The Bertz CT molecular complexity index is 921. The van der Waals surface area contributed by atoms with Crippen molar-refractivity contribution in [1.29, 1.82) is 0 Å². The number of amides is 1. The molecule has 1 amide bonds. The molecule has 2 aromatic heterocycles. The molecular weight excluding hydrogens is 294 g/mol. The van der Waals surface area contributed by atoms with Crippen LogP contribution in [-0.4, -0.2) is 22.7 Å². The summed E-state index contributed by atoms with van der Waals surface area (Å²) in [6, 6.07) is 12.0. The number of carbonyl (C=O) groups is 2. The minimum Gasteiger partial charge on any atom is -0.359 e. The molecular formula is C17H13N3O3. The molecule has 2 N–H and O–H groups in total. The summed E-state index contributed by atoms with van der Waals surface area (Å²) in [7, 11) is 0. The summed E-state index contributed by atoms with van der Waals surface area (Å²) < 4.78 is 0. The Morgan fingerprint density at radius 2 is 1.87 bits per heavy atom. The van der Waals surface area contributed by atoms with Crippen LogP contribution in [0.2, 0.25) is 0 Å². The molecule has 3 rings (SSSR count). The van der Waals surface area contributed by atoms with Crippen LogP contribution in [0.1, 0.15) is 11.1 Å². The van der Waals surface area contributed by atoms with Gasteiger partial charge in [0.1, 0.15) is 5.52 Å². The van der Waals surface area contributed by atoms with E-state index in [2.05, 4.69) is 15.3 Å². The Kier molecular flexibility index (Phi) is 3.72. The van der Waals surface area contributed by atoms with Crippen LogP contribution in [0.25, 0.3) is 11.0 Å². The zero-order chi connectivity index (χ0) is 16.3. The Hall–Kier alpha value is -3.28. The van der Waals surface area contributed by atoms with Crippen molar-refractivity contribution in [1.82, 2.24) is 15.3 Å². The number of nitrogens with zero attached hydrogens (tertiary/aromatic N) is 1. The molecule has 23 heavy (non-hydrogen) atoms. The quantitative estimate of drug-likeness (QED) is 0.691. The maximum absolute atomic E-state index is 12.8. The minimum atomic E-state index is -1.57. The SMILES string of the molecule is O=CN[C@@](C=O)(c1ccccc1)c1c[nH]c2cccnc2c1=O. The van der Waals surface area contributed by atoms with E-state index in [-0.39, 0.29) is 11.1 Å². The maximum atomic E-state index is 12.8. The normalized spacial score (nSPS) is 13.2. The molecule has 1 aromatic carbocycles. The number of fused-ring (bicyclic) bond motifs is 1. The van der Waals surface area contributed by atoms with Gasteiger partial charge in [-0.25, -0.2) is 0 Å². The van der Waals surface area contributed by atoms with E-state index in [9.17, 15) is 14.4 Å².